The fraction of sp³-hybridized carbons (Fsp3) is 0.200. The second-order valence-corrected chi connectivity index (χ2v) is 3.07. The first-order valence-electron chi connectivity index (χ1n) is 4.06. The molecule has 0 unspecified atom stereocenters. The molecule has 0 saturated carbocycles. The highest BCUT2D eigenvalue weighted by Gasteiger charge is 2.23. The maximum Gasteiger partial charge on any atom is 0.123 e. The third kappa shape index (κ3) is 1.22. The Hall–Kier alpha value is -1.32. The van der Waals surface area contributed by atoms with Gasteiger partial charge >= 0.3 is 0 Å². The van der Waals surface area contributed by atoms with Gasteiger partial charge in [0, 0.05) is 5.56 Å². The zero-order valence-electron chi connectivity index (χ0n) is 6.88. The van der Waals surface area contributed by atoms with E-state index >= 15 is 0 Å². The molecule has 3 N–H and O–H groups in total. The average molecular weight is 178 g/mol. The minimum Gasteiger partial charge on any atom is -0.507 e. The van der Waals surface area contributed by atoms with Crippen molar-refractivity contribution in [3.8, 4) is 5.75 Å². The van der Waals surface area contributed by atoms with Crippen molar-refractivity contribution in [2.45, 2.75) is 12.2 Å². The van der Waals surface area contributed by atoms with Crippen molar-refractivity contribution in [3.63, 3.8) is 0 Å². The zero-order valence-corrected chi connectivity index (χ0v) is 6.88. The summed E-state index contributed by atoms with van der Waals surface area (Å²) < 4.78 is 0. The first-order chi connectivity index (χ1) is 6.20. The molecule has 0 fully saturated rings. The summed E-state index contributed by atoms with van der Waals surface area (Å²) >= 11 is 0. The zero-order chi connectivity index (χ0) is 9.42. The molecular formula is C10H10O3. The fourth-order valence-electron chi connectivity index (χ4n) is 1.49. The van der Waals surface area contributed by atoms with E-state index in [1.54, 1.807) is 24.3 Å². The van der Waals surface area contributed by atoms with Gasteiger partial charge in [0.2, 0.25) is 0 Å². The SMILES string of the molecule is Oc1cccc2c1C=C[C@H](O)[C@@H]2O. The average Bonchev–Trinajstić information content (AvgIpc) is 2.12. The molecule has 2 atom stereocenters. The quantitative estimate of drug-likeness (QED) is 0.551. The predicted molar refractivity (Wildman–Crippen MR) is 48.1 cm³/mol. The summed E-state index contributed by atoms with van der Waals surface area (Å²) in [6.45, 7) is 0. The van der Waals surface area contributed by atoms with Gasteiger partial charge in [-0.1, -0.05) is 24.3 Å². The summed E-state index contributed by atoms with van der Waals surface area (Å²) in [6, 6.07) is 4.88. The first-order valence-corrected chi connectivity index (χ1v) is 4.06. The number of phenols is 1. The molecule has 1 aromatic carbocycles. The fourth-order valence-corrected chi connectivity index (χ4v) is 1.49. The first kappa shape index (κ1) is 8.29. The molecule has 0 spiro atoms. The number of aliphatic hydroxyl groups excluding tert-OH is 2. The van der Waals surface area contributed by atoms with Gasteiger partial charge in [-0.05, 0) is 11.6 Å². The van der Waals surface area contributed by atoms with Crippen LogP contribution in [0.4, 0.5) is 0 Å². The summed E-state index contributed by atoms with van der Waals surface area (Å²) in [6.07, 6.45) is 1.26. The molecule has 0 aromatic heterocycles. The van der Waals surface area contributed by atoms with Crippen LogP contribution in [0, 0.1) is 0 Å². The van der Waals surface area contributed by atoms with Crippen LogP contribution in [0.3, 0.4) is 0 Å². The number of rotatable bonds is 0. The predicted octanol–water partition coefficient (Wildman–Crippen LogP) is 0.813. The molecule has 1 aliphatic rings. The molecule has 0 bridgehead atoms. The lowest BCUT2D eigenvalue weighted by Gasteiger charge is -2.21. The van der Waals surface area contributed by atoms with Crippen LogP contribution in [0.2, 0.25) is 0 Å². The Morgan fingerprint density at radius 2 is 1.92 bits per heavy atom. The van der Waals surface area contributed by atoms with E-state index in [0.717, 1.165) is 0 Å². The number of hydrogen-bond acceptors (Lipinski definition) is 3. The van der Waals surface area contributed by atoms with E-state index in [9.17, 15) is 15.3 Å². The Balaban J connectivity index is 2.58. The standard InChI is InChI=1S/C10H10O3/c11-8-3-1-2-7-6(8)4-5-9(12)10(7)13/h1-5,9-13H/t9-,10+/m0/s1. The van der Waals surface area contributed by atoms with Gasteiger partial charge in [0.1, 0.15) is 18.0 Å². The molecule has 0 aliphatic heterocycles. The molecule has 3 nitrogen and oxygen atoms in total. The Labute approximate surface area is 75.6 Å². The van der Waals surface area contributed by atoms with Crippen molar-refractivity contribution in [1.82, 2.24) is 0 Å². The number of aromatic hydroxyl groups is 1. The smallest absolute Gasteiger partial charge is 0.123 e. The molecule has 68 valence electrons. The van der Waals surface area contributed by atoms with Crippen LogP contribution >= 0.6 is 0 Å². The van der Waals surface area contributed by atoms with Crippen LogP contribution in [0.5, 0.6) is 5.75 Å². The van der Waals surface area contributed by atoms with E-state index < -0.39 is 12.2 Å². The lowest BCUT2D eigenvalue weighted by atomic mass is 9.92. The van der Waals surface area contributed by atoms with Crippen molar-refractivity contribution in [3.05, 3.63) is 35.4 Å². The highest BCUT2D eigenvalue weighted by molar-refractivity contribution is 5.64. The number of aliphatic hydroxyl groups is 2. The Morgan fingerprint density at radius 1 is 1.15 bits per heavy atom. The Morgan fingerprint density at radius 3 is 2.69 bits per heavy atom. The molecule has 1 aromatic rings. The second kappa shape index (κ2) is 2.87. The Bertz CT molecular complexity index is 357. The van der Waals surface area contributed by atoms with E-state index in [1.807, 2.05) is 0 Å². The molecule has 13 heavy (non-hydrogen) atoms. The normalized spacial score (nSPS) is 25.7. The maximum absolute atomic E-state index is 9.54. The largest absolute Gasteiger partial charge is 0.507 e. The third-order valence-corrected chi connectivity index (χ3v) is 2.22. The van der Waals surface area contributed by atoms with Crippen LogP contribution in [-0.4, -0.2) is 21.4 Å². The van der Waals surface area contributed by atoms with Crippen LogP contribution in [0.1, 0.15) is 17.2 Å². The van der Waals surface area contributed by atoms with Crippen LogP contribution in [-0.2, 0) is 0 Å². The van der Waals surface area contributed by atoms with Gasteiger partial charge in [0.15, 0.2) is 0 Å². The van der Waals surface area contributed by atoms with Crippen molar-refractivity contribution >= 4 is 6.08 Å². The molecule has 2 rings (SSSR count). The number of benzene rings is 1. The van der Waals surface area contributed by atoms with Crippen LogP contribution in [0.15, 0.2) is 24.3 Å². The van der Waals surface area contributed by atoms with E-state index in [1.165, 1.54) is 6.08 Å². The topological polar surface area (TPSA) is 60.7 Å². The molecule has 1 aliphatic carbocycles. The van der Waals surface area contributed by atoms with Gasteiger partial charge in [0.25, 0.3) is 0 Å². The summed E-state index contributed by atoms with van der Waals surface area (Å²) in [5.41, 5.74) is 1.15. The van der Waals surface area contributed by atoms with Gasteiger partial charge in [-0.3, -0.25) is 0 Å². The van der Waals surface area contributed by atoms with Crippen molar-refractivity contribution in [2.75, 3.05) is 0 Å². The minimum atomic E-state index is -0.938. The van der Waals surface area contributed by atoms with E-state index in [-0.39, 0.29) is 5.75 Å². The van der Waals surface area contributed by atoms with Gasteiger partial charge in [-0.25, -0.2) is 0 Å². The monoisotopic (exact) mass is 178 g/mol. The maximum atomic E-state index is 9.54. The summed E-state index contributed by atoms with van der Waals surface area (Å²) in [4.78, 5) is 0. The lowest BCUT2D eigenvalue weighted by Crippen LogP contribution is -2.19. The summed E-state index contributed by atoms with van der Waals surface area (Å²) in [7, 11) is 0. The molecular weight excluding hydrogens is 168 g/mol. The molecule has 3 heteroatoms. The molecule has 0 amide bonds. The van der Waals surface area contributed by atoms with Crippen LogP contribution in [0.25, 0.3) is 6.08 Å². The lowest BCUT2D eigenvalue weighted by molar-refractivity contribution is 0.0468. The van der Waals surface area contributed by atoms with E-state index in [0.29, 0.717) is 11.1 Å². The number of fused-ring (bicyclic) bond motifs is 1. The number of hydrogen-bond donors (Lipinski definition) is 3. The van der Waals surface area contributed by atoms with Crippen molar-refractivity contribution < 1.29 is 15.3 Å². The van der Waals surface area contributed by atoms with Crippen LogP contribution < -0.4 is 0 Å². The third-order valence-electron chi connectivity index (χ3n) is 2.22. The molecule has 0 saturated heterocycles. The minimum absolute atomic E-state index is 0.125. The second-order valence-electron chi connectivity index (χ2n) is 3.07. The van der Waals surface area contributed by atoms with Gasteiger partial charge in [0.05, 0.1) is 0 Å². The van der Waals surface area contributed by atoms with Crippen molar-refractivity contribution in [1.29, 1.82) is 0 Å². The van der Waals surface area contributed by atoms with Gasteiger partial charge in [-0.2, -0.15) is 0 Å². The van der Waals surface area contributed by atoms with E-state index in [2.05, 4.69) is 0 Å². The number of phenolic OH excluding ortho intramolecular Hbond substituents is 1. The Kier molecular flexibility index (Phi) is 1.83. The highest BCUT2D eigenvalue weighted by Crippen LogP contribution is 2.32. The summed E-state index contributed by atoms with van der Waals surface area (Å²) in [5.74, 6) is 0.125. The van der Waals surface area contributed by atoms with Gasteiger partial charge < -0.3 is 15.3 Å². The van der Waals surface area contributed by atoms with E-state index in [4.69, 9.17) is 0 Å². The molecule has 0 heterocycles. The van der Waals surface area contributed by atoms with Gasteiger partial charge in [-0.15, -0.1) is 0 Å². The molecule has 0 radical (unpaired) electrons. The highest BCUT2D eigenvalue weighted by atomic mass is 16.3. The van der Waals surface area contributed by atoms with Crippen molar-refractivity contribution in [2.24, 2.45) is 0 Å². The summed E-state index contributed by atoms with van der Waals surface area (Å²) in [5, 5.41) is 28.3.